The minimum Gasteiger partial charge on any atom is -1.00 e. The Balaban J connectivity index is -0.000000304. The van der Waals surface area contributed by atoms with Crippen molar-refractivity contribution in [2.24, 2.45) is 0 Å². The summed E-state index contributed by atoms with van der Waals surface area (Å²) >= 11 is 1.51. The van der Waals surface area contributed by atoms with Gasteiger partial charge in [0, 0.05) is 6.61 Å². The van der Waals surface area contributed by atoms with Gasteiger partial charge < -0.3 is 29.2 Å². The van der Waals surface area contributed by atoms with Crippen LogP contribution in [0.25, 0.3) is 0 Å². The van der Waals surface area contributed by atoms with E-state index in [1.54, 1.807) is 0 Å². The molecular formula is C17H26Cl2OSiZr-2. The Morgan fingerprint density at radius 2 is 1.86 bits per heavy atom. The maximum Gasteiger partial charge on any atom is 0.183 e. The molecule has 124 valence electrons. The summed E-state index contributed by atoms with van der Waals surface area (Å²) in [5, 5.41) is 0. The summed E-state index contributed by atoms with van der Waals surface area (Å²) < 4.78 is 7.83. The summed E-state index contributed by atoms with van der Waals surface area (Å²) in [5.74, 6) is 0. The summed E-state index contributed by atoms with van der Waals surface area (Å²) in [6.45, 7) is 9.58. The van der Waals surface area contributed by atoms with Gasteiger partial charge in [-0.1, -0.05) is 6.42 Å². The number of halogens is 2. The van der Waals surface area contributed by atoms with Crippen molar-refractivity contribution in [3.8, 4) is 0 Å². The second kappa shape index (κ2) is 17.8. The van der Waals surface area contributed by atoms with E-state index >= 15 is 0 Å². The van der Waals surface area contributed by atoms with Gasteiger partial charge in [0.2, 0.25) is 0 Å². The fraction of sp³-hybridized carbons (Fsp3) is 0.471. The van der Waals surface area contributed by atoms with Crippen molar-refractivity contribution in [3.63, 3.8) is 0 Å². The normalized spacial score (nSPS) is 13.8. The van der Waals surface area contributed by atoms with Crippen LogP contribution in [0.3, 0.4) is 0 Å². The third-order valence-electron chi connectivity index (χ3n) is 2.28. The van der Waals surface area contributed by atoms with Crippen LogP contribution in [0.4, 0.5) is 0 Å². The molecule has 0 aromatic rings. The maximum absolute atomic E-state index is 5.74. The molecule has 22 heavy (non-hydrogen) atoms. The quantitative estimate of drug-likeness (QED) is 0.389. The zero-order valence-corrected chi connectivity index (χ0v) is 18.9. The fourth-order valence-corrected chi connectivity index (χ4v) is 2.14. The van der Waals surface area contributed by atoms with Gasteiger partial charge >= 0.3 is 34.9 Å². The Morgan fingerprint density at radius 3 is 2.18 bits per heavy atom. The van der Waals surface area contributed by atoms with Gasteiger partial charge in [-0.3, -0.25) is 12.2 Å². The van der Waals surface area contributed by atoms with Gasteiger partial charge in [-0.05, 0) is 19.6 Å². The van der Waals surface area contributed by atoms with Crippen LogP contribution in [0.1, 0.15) is 26.2 Å². The number of hydrogen-bond donors (Lipinski definition) is 0. The van der Waals surface area contributed by atoms with E-state index in [9.17, 15) is 0 Å². The number of allylic oxidation sites excluding steroid dienone is 7. The topological polar surface area (TPSA) is 9.23 Å². The molecule has 0 aromatic carbocycles. The summed E-state index contributed by atoms with van der Waals surface area (Å²) in [5.41, 5.74) is 1.38. The zero-order chi connectivity index (χ0) is 15.3. The summed E-state index contributed by atoms with van der Waals surface area (Å²) in [6, 6.07) is 0. The molecule has 0 amide bonds. The molecule has 0 aromatic heterocycles. The van der Waals surface area contributed by atoms with Crippen LogP contribution in [0.2, 0.25) is 19.6 Å². The average Bonchev–Trinajstić information content (AvgIpc) is 3.04. The van der Waals surface area contributed by atoms with Crippen molar-refractivity contribution in [2.45, 2.75) is 45.8 Å². The largest absolute Gasteiger partial charge is 1.00 e. The average molecular weight is 437 g/mol. The molecule has 2 aliphatic carbocycles. The van der Waals surface area contributed by atoms with Crippen LogP contribution in [0, 0.1) is 12.2 Å². The molecule has 0 bridgehead atoms. The second-order valence-electron chi connectivity index (χ2n) is 5.33. The first-order valence-electron chi connectivity index (χ1n) is 7.06. The maximum atomic E-state index is 5.74. The third kappa shape index (κ3) is 20.5. The van der Waals surface area contributed by atoms with Crippen LogP contribution in [0.5, 0.6) is 0 Å². The van der Waals surface area contributed by atoms with E-state index in [2.05, 4.69) is 53.7 Å². The molecule has 0 aliphatic heterocycles. The predicted octanol–water partition coefficient (Wildman–Crippen LogP) is -1.41. The number of rotatable bonds is 4. The Morgan fingerprint density at radius 1 is 1.23 bits per heavy atom. The van der Waals surface area contributed by atoms with Crippen molar-refractivity contribution < 1.29 is 53.5 Å². The Hall–Kier alpha value is 0.470. The van der Waals surface area contributed by atoms with Gasteiger partial charge in [0.1, 0.15) is 0 Å². The monoisotopic (exact) mass is 434 g/mol. The minimum atomic E-state index is -1.29. The smallest absolute Gasteiger partial charge is 0.183 e. The van der Waals surface area contributed by atoms with Crippen molar-refractivity contribution in [2.75, 3.05) is 6.61 Å². The van der Waals surface area contributed by atoms with E-state index in [0.717, 1.165) is 25.9 Å². The van der Waals surface area contributed by atoms with Crippen LogP contribution in [-0.2, 0) is 28.7 Å². The predicted molar refractivity (Wildman–Crippen MR) is 87.7 cm³/mol. The summed E-state index contributed by atoms with van der Waals surface area (Å²) in [4.78, 5) is 0. The number of hydrogen-bond acceptors (Lipinski definition) is 1. The van der Waals surface area contributed by atoms with E-state index in [0.29, 0.717) is 0 Å². The third-order valence-corrected chi connectivity index (χ3v) is 3.35. The van der Waals surface area contributed by atoms with Gasteiger partial charge in [-0.15, -0.1) is 12.8 Å². The molecule has 0 N–H and O–H groups in total. The van der Waals surface area contributed by atoms with Crippen molar-refractivity contribution in [1.82, 2.24) is 0 Å². The summed E-state index contributed by atoms with van der Waals surface area (Å²) in [7, 11) is -1.29. The molecule has 0 fully saturated rings. The Labute approximate surface area is 165 Å². The first-order chi connectivity index (χ1) is 9.49. The van der Waals surface area contributed by atoms with E-state index < -0.39 is 8.32 Å². The van der Waals surface area contributed by atoms with Gasteiger partial charge in [0.15, 0.2) is 8.32 Å². The van der Waals surface area contributed by atoms with Gasteiger partial charge in [0.05, 0.1) is 0 Å². The zero-order valence-electron chi connectivity index (χ0n) is 14.0. The van der Waals surface area contributed by atoms with Crippen LogP contribution >= 0.6 is 0 Å². The standard InChI is InChI=1S/C10H17OSi.C5H5.C2H4.2ClH.Zr/c1-12(2,3)11-9-8-10-6-4-5-7-10;1-2-4-5-3-1;1-2;;;/h6-7H,4,8-9H2,1-3H3;1-3H,4H2;1H,2H3;2*1H;/q2*-1;;;;+2/p-2. The molecule has 1 nitrogen and oxygen atoms in total. The molecule has 0 atom stereocenters. The molecule has 0 radical (unpaired) electrons. The van der Waals surface area contributed by atoms with Crippen molar-refractivity contribution in [3.05, 3.63) is 48.1 Å². The molecule has 2 aliphatic rings. The SMILES string of the molecule is C[CH]=[Zr+2].C[Si](C)(C)OCCC1=CC[C-]=C1.[C-]1=CC=CC1.[Cl-].[Cl-]. The Bertz CT molecular complexity index is 373. The van der Waals surface area contributed by atoms with Crippen LogP contribution in [0.15, 0.2) is 36.0 Å². The second-order valence-corrected chi connectivity index (χ2v) is 11.3. The van der Waals surface area contributed by atoms with E-state index in [1.165, 1.54) is 29.8 Å². The minimum absolute atomic E-state index is 0. The Kier molecular flexibility index (Phi) is 22.1. The molecule has 2 rings (SSSR count). The molecular weight excluding hydrogens is 410 g/mol. The van der Waals surface area contributed by atoms with Crippen molar-refractivity contribution >= 4 is 12.0 Å². The first kappa shape index (κ1) is 27.3. The van der Waals surface area contributed by atoms with E-state index in [4.69, 9.17) is 4.43 Å². The van der Waals surface area contributed by atoms with Crippen molar-refractivity contribution in [1.29, 1.82) is 0 Å². The van der Waals surface area contributed by atoms with Crippen LogP contribution in [-0.4, -0.2) is 18.6 Å². The summed E-state index contributed by atoms with van der Waals surface area (Å²) in [6.07, 6.45) is 19.5. The van der Waals surface area contributed by atoms with E-state index in [-0.39, 0.29) is 24.8 Å². The molecule has 0 saturated heterocycles. The van der Waals surface area contributed by atoms with Gasteiger partial charge in [-0.2, -0.15) is 17.7 Å². The first-order valence-corrected chi connectivity index (χ1v) is 11.9. The fourth-order valence-electron chi connectivity index (χ4n) is 1.43. The molecule has 0 spiro atoms. The molecule has 0 unspecified atom stereocenters. The molecule has 5 heteroatoms. The van der Waals surface area contributed by atoms with Gasteiger partial charge in [0.25, 0.3) is 0 Å². The molecule has 0 heterocycles. The molecule has 0 saturated carbocycles. The van der Waals surface area contributed by atoms with Crippen LogP contribution < -0.4 is 24.8 Å². The van der Waals surface area contributed by atoms with E-state index in [1.807, 2.05) is 19.1 Å². The van der Waals surface area contributed by atoms with Gasteiger partial charge in [-0.25, -0.2) is 18.2 Å².